The fourth-order valence-corrected chi connectivity index (χ4v) is 1.26. The molecule has 0 fully saturated rings. The van der Waals surface area contributed by atoms with Gasteiger partial charge in [-0.15, -0.1) is 0 Å². The topological polar surface area (TPSA) is 21.3 Å². The molecule has 0 unspecified atom stereocenters. The maximum Gasteiger partial charge on any atom is 0.196 e. The summed E-state index contributed by atoms with van der Waals surface area (Å²) in [6, 6.07) is 2.07. The summed E-state index contributed by atoms with van der Waals surface area (Å²) in [5, 5.41) is 2.71. The van der Waals surface area contributed by atoms with Gasteiger partial charge < -0.3 is 10.1 Å². The number of methoxy groups -OCH3 is 1. The van der Waals surface area contributed by atoms with Gasteiger partial charge in [0.2, 0.25) is 0 Å². The molecule has 1 aromatic carbocycles. The zero-order valence-corrected chi connectivity index (χ0v) is 10.1. The Morgan fingerprint density at radius 3 is 2.41 bits per heavy atom. The molecule has 0 aromatic heterocycles. The van der Waals surface area contributed by atoms with E-state index < -0.39 is 17.5 Å². The fraction of sp³-hybridized carbons (Fsp3) is 0.500. The van der Waals surface area contributed by atoms with Crippen molar-refractivity contribution in [2.75, 3.05) is 19.0 Å². The maximum absolute atomic E-state index is 13.3. The van der Waals surface area contributed by atoms with Crippen LogP contribution in [0.4, 0.5) is 18.9 Å². The molecule has 0 amide bonds. The highest BCUT2D eigenvalue weighted by molar-refractivity contribution is 5.45. The van der Waals surface area contributed by atoms with Crippen LogP contribution in [0.5, 0.6) is 0 Å². The second kappa shape index (κ2) is 5.40. The quantitative estimate of drug-likeness (QED) is 0.806. The first-order chi connectivity index (χ1) is 7.87. The molecule has 0 aliphatic carbocycles. The van der Waals surface area contributed by atoms with Crippen LogP contribution in [0.25, 0.3) is 0 Å². The first-order valence-corrected chi connectivity index (χ1v) is 5.30. The average Bonchev–Trinajstić information content (AvgIpc) is 2.29. The van der Waals surface area contributed by atoms with E-state index in [1.165, 1.54) is 6.07 Å². The van der Waals surface area contributed by atoms with Crippen molar-refractivity contribution in [3.05, 3.63) is 29.6 Å². The van der Waals surface area contributed by atoms with Crippen LogP contribution in [0.2, 0.25) is 0 Å². The predicted molar refractivity (Wildman–Crippen MR) is 60.5 cm³/mol. The zero-order chi connectivity index (χ0) is 13.1. The van der Waals surface area contributed by atoms with E-state index >= 15 is 0 Å². The smallest absolute Gasteiger partial charge is 0.196 e. The van der Waals surface area contributed by atoms with Crippen LogP contribution < -0.4 is 5.32 Å². The molecule has 0 radical (unpaired) electrons. The van der Waals surface area contributed by atoms with E-state index in [1.54, 1.807) is 7.11 Å². The summed E-state index contributed by atoms with van der Waals surface area (Å²) in [5.74, 6) is -3.84. The molecule has 0 saturated carbocycles. The lowest BCUT2D eigenvalue weighted by Crippen LogP contribution is -2.26. The van der Waals surface area contributed by atoms with Crippen LogP contribution in [0.1, 0.15) is 20.3 Å². The zero-order valence-electron chi connectivity index (χ0n) is 10.1. The fourth-order valence-electron chi connectivity index (χ4n) is 1.26. The second-order valence-corrected chi connectivity index (χ2v) is 4.36. The van der Waals surface area contributed by atoms with E-state index in [1.807, 2.05) is 13.8 Å². The van der Waals surface area contributed by atoms with Crippen molar-refractivity contribution in [3.8, 4) is 0 Å². The van der Waals surface area contributed by atoms with Crippen LogP contribution in [-0.2, 0) is 4.74 Å². The van der Waals surface area contributed by atoms with E-state index in [2.05, 4.69) is 5.32 Å². The Labute approximate surface area is 98.8 Å². The van der Waals surface area contributed by atoms with Crippen molar-refractivity contribution in [2.45, 2.75) is 25.9 Å². The Balaban J connectivity index is 2.62. The third kappa shape index (κ3) is 3.63. The Bertz CT molecular complexity index is 394. The number of nitrogens with one attached hydrogen (secondary N) is 1. The Morgan fingerprint density at radius 2 is 1.82 bits per heavy atom. The summed E-state index contributed by atoms with van der Waals surface area (Å²) in [6.07, 6.45) is 0.613. The highest BCUT2D eigenvalue weighted by atomic mass is 19.2. The lowest BCUT2D eigenvalue weighted by molar-refractivity contribution is 0.0184. The van der Waals surface area contributed by atoms with Crippen LogP contribution in [0.15, 0.2) is 12.1 Å². The molecule has 96 valence electrons. The van der Waals surface area contributed by atoms with E-state index in [-0.39, 0.29) is 11.3 Å². The maximum atomic E-state index is 13.3. The van der Waals surface area contributed by atoms with E-state index in [4.69, 9.17) is 4.74 Å². The monoisotopic (exact) mass is 247 g/mol. The highest BCUT2D eigenvalue weighted by Crippen LogP contribution is 2.20. The van der Waals surface area contributed by atoms with Gasteiger partial charge in [-0.3, -0.25) is 0 Å². The van der Waals surface area contributed by atoms with Gasteiger partial charge in [0, 0.05) is 13.7 Å². The molecule has 17 heavy (non-hydrogen) atoms. The van der Waals surface area contributed by atoms with Crippen molar-refractivity contribution in [2.24, 2.45) is 0 Å². The van der Waals surface area contributed by atoms with Gasteiger partial charge in [-0.1, -0.05) is 0 Å². The summed E-state index contributed by atoms with van der Waals surface area (Å²) >= 11 is 0. The van der Waals surface area contributed by atoms with E-state index in [0.29, 0.717) is 13.0 Å². The van der Waals surface area contributed by atoms with Gasteiger partial charge in [0.15, 0.2) is 17.5 Å². The van der Waals surface area contributed by atoms with Crippen LogP contribution in [-0.4, -0.2) is 19.3 Å². The molecular weight excluding hydrogens is 231 g/mol. The predicted octanol–water partition coefficient (Wildman–Crippen LogP) is 3.33. The standard InChI is InChI=1S/C12H16F3NO/c1-12(2,17-3)6-7-16-9-5-4-8(13)10(14)11(9)15/h4-5,16H,6-7H2,1-3H3. The van der Waals surface area contributed by atoms with E-state index in [0.717, 1.165) is 6.07 Å². The minimum atomic E-state index is -1.46. The average molecular weight is 247 g/mol. The van der Waals surface area contributed by atoms with Crippen molar-refractivity contribution in [1.29, 1.82) is 0 Å². The second-order valence-electron chi connectivity index (χ2n) is 4.36. The van der Waals surface area contributed by atoms with Crippen molar-refractivity contribution in [3.63, 3.8) is 0 Å². The molecule has 1 aromatic rings. The molecule has 5 heteroatoms. The summed E-state index contributed by atoms with van der Waals surface area (Å²) < 4.78 is 44.0. The minimum absolute atomic E-state index is 0.0456. The number of ether oxygens (including phenoxy) is 1. The van der Waals surface area contributed by atoms with Crippen molar-refractivity contribution < 1.29 is 17.9 Å². The normalized spacial score (nSPS) is 11.6. The van der Waals surface area contributed by atoms with Crippen LogP contribution in [0.3, 0.4) is 0 Å². The lowest BCUT2D eigenvalue weighted by atomic mass is 10.1. The number of anilines is 1. The van der Waals surface area contributed by atoms with Crippen LogP contribution in [0, 0.1) is 17.5 Å². The van der Waals surface area contributed by atoms with Gasteiger partial charge in [-0.25, -0.2) is 13.2 Å². The van der Waals surface area contributed by atoms with Gasteiger partial charge >= 0.3 is 0 Å². The third-order valence-electron chi connectivity index (χ3n) is 2.63. The summed E-state index contributed by atoms with van der Waals surface area (Å²) in [4.78, 5) is 0. The molecule has 2 nitrogen and oxygen atoms in total. The molecule has 0 bridgehead atoms. The number of benzene rings is 1. The molecule has 0 aliphatic heterocycles. The number of rotatable bonds is 5. The molecule has 0 saturated heterocycles. The SMILES string of the molecule is COC(C)(C)CCNc1ccc(F)c(F)c1F. The Morgan fingerprint density at radius 1 is 1.18 bits per heavy atom. The molecular formula is C12H16F3NO. The summed E-state index contributed by atoms with van der Waals surface area (Å²) in [5.41, 5.74) is -0.391. The van der Waals surface area contributed by atoms with Gasteiger partial charge in [0.1, 0.15) is 0 Å². The van der Waals surface area contributed by atoms with Gasteiger partial charge in [0.25, 0.3) is 0 Å². The Kier molecular flexibility index (Phi) is 4.40. The molecule has 1 rings (SSSR count). The summed E-state index contributed by atoms with van der Waals surface area (Å²) in [7, 11) is 1.58. The number of hydrogen-bond donors (Lipinski definition) is 1. The van der Waals surface area contributed by atoms with Crippen molar-refractivity contribution in [1.82, 2.24) is 0 Å². The Hall–Kier alpha value is -1.23. The summed E-state index contributed by atoms with van der Waals surface area (Å²) in [6.45, 7) is 4.18. The largest absolute Gasteiger partial charge is 0.382 e. The van der Waals surface area contributed by atoms with E-state index in [9.17, 15) is 13.2 Å². The number of halogens is 3. The first-order valence-electron chi connectivity index (χ1n) is 5.30. The lowest BCUT2D eigenvalue weighted by Gasteiger charge is -2.23. The van der Waals surface area contributed by atoms with Gasteiger partial charge in [0.05, 0.1) is 11.3 Å². The minimum Gasteiger partial charge on any atom is -0.382 e. The molecule has 0 spiro atoms. The first kappa shape index (κ1) is 13.8. The molecule has 0 atom stereocenters. The van der Waals surface area contributed by atoms with Crippen molar-refractivity contribution >= 4 is 5.69 Å². The third-order valence-corrected chi connectivity index (χ3v) is 2.63. The molecule has 0 heterocycles. The molecule has 1 N–H and O–H groups in total. The highest BCUT2D eigenvalue weighted by Gasteiger charge is 2.17. The van der Waals surface area contributed by atoms with Gasteiger partial charge in [-0.2, -0.15) is 0 Å². The number of hydrogen-bond acceptors (Lipinski definition) is 2. The molecule has 0 aliphatic rings. The van der Waals surface area contributed by atoms with Gasteiger partial charge in [-0.05, 0) is 32.4 Å². The van der Waals surface area contributed by atoms with Crippen LogP contribution >= 0.6 is 0 Å².